The maximum Gasteiger partial charge on any atom is 0.224 e. The van der Waals surface area contributed by atoms with Crippen LogP contribution in [0.1, 0.15) is 23.8 Å². The summed E-state index contributed by atoms with van der Waals surface area (Å²) >= 11 is 0. The number of hydrogen-bond donors (Lipinski definition) is 1. The summed E-state index contributed by atoms with van der Waals surface area (Å²) in [7, 11) is 0. The second-order valence-corrected chi connectivity index (χ2v) is 6.09. The summed E-state index contributed by atoms with van der Waals surface area (Å²) in [6, 6.07) is 11.9. The maximum atomic E-state index is 12.4. The molecule has 1 amide bonds. The monoisotopic (exact) mass is 309 g/mol. The van der Waals surface area contributed by atoms with Crippen molar-refractivity contribution >= 4 is 16.9 Å². The van der Waals surface area contributed by atoms with Gasteiger partial charge in [0.05, 0.1) is 17.6 Å². The Kier molecular flexibility index (Phi) is 3.41. The molecule has 1 aromatic carbocycles. The lowest BCUT2D eigenvalue weighted by Gasteiger charge is -2.22. The molecule has 1 N–H and O–H groups in total. The standard InChI is InChI=1S/C18H19N3O2/c1-12-6-7-14(23-12)11-19-18(22)13-8-9-21-16-5-3-2-4-15(16)20-17(21)10-13/h2-7,13H,8-11H2,1H3,(H,19,22). The molecule has 0 bridgehead atoms. The van der Waals surface area contributed by atoms with Gasteiger partial charge in [-0.2, -0.15) is 0 Å². The molecule has 0 saturated carbocycles. The van der Waals surface area contributed by atoms with Gasteiger partial charge in [-0.05, 0) is 37.6 Å². The van der Waals surface area contributed by atoms with Gasteiger partial charge in [0.1, 0.15) is 17.3 Å². The van der Waals surface area contributed by atoms with Crippen molar-refractivity contribution < 1.29 is 9.21 Å². The van der Waals surface area contributed by atoms with Crippen molar-refractivity contribution in [3.05, 3.63) is 53.7 Å². The van der Waals surface area contributed by atoms with Crippen LogP contribution in [-0.2, 0) is 24.3 Å². The first-order valence-corrected chi connectivity index (χ1v) is 7.98. The molecule has 118 valence electrons. The Hall–Kier alpha value is -2.56. The molecule has 0 saturated heterocycles. The summed E-state index contributed by atoms with van der Waals surface area (Å²) < 4.78 is 7.72. The molecule has 0 aliphatic carbocycles. The van der Waals surface area contributed by atoms with Crippen molar-refractivity contribution in [2.24, 2.45) is 5.92 Å². The fraction of sp³-hybridized carbons (Fsp3) is 0.333. The number of amides is 1. The van der Waals surface area contributed by atoms with E-state index in [1.165, 1.54) is 0 Å². The molecule has 1 atom stereocenters. The lowest BCUT2D eigenvalue weighted by atomic mass is 9.97. The van der Waals surface area contributed by atoms with Gasteiger partial charge in [0.15, 0.2) is 0 Å². The molecule has 1 aliphatic rings. The van der Waals surface area contributed by atoms with Crippen LogP contribution in [0.25, 0.3) is 11.0 Å². The zero-order valence-corrected chi connectivity index (χ0v) is 13.1. The minimum absolute atomic E-state index is 0.0182. The number of aromatic nitrogens is 2. The van der Waals surface area contributed by atoms with E-state index in [0.29, 0.717) is 13.0 Å². The second kappa shape index (κ2) is 5.57. The highest BCUT2D eigenvalue weighted by atomic mass is 16.3. The van der Waals surface area contributed by atoms with E-state index >= 15 is 0 Å². The van der Waals surface area contributed by atoms with E-state index in [9.17, 15) is 4.79 Å². The molecule has 0 fully saturated rings. The Morgan fingerprint density at radius 2 is 2.22 bits per heavy atom. The highest BCUT2D eigenvalue weighted by molar-refractivity contribution is 5.80. The van der Waals surface area contributed by atoms with E-state index in [1.54, 1.807) is 0 Å². The smallest absolute Gasteiger partial charge is 0.224 e. The van der Waals surface area contributed by atoms with Crippen LogP contribution in [0.3, 0.4) is 0 Å². The number of hydrogen-bond acceptors (Lipinski definition) is 3. The first kappa shape index (κ1) is 14.1. The predicted molar refractivity (Wildman–Crippen MR) is 86.8 cm³/mol. The molecule has 3 aromatic rings. The van der Waals surface area contributed by atoms with Crippen molar-refractivity contribution in [1.82, 2.24) is 14.9 Å². The minimum Gasteiger partial charge on any atom is -0.465 e. The number of benzene rings is 1. The third-order valence-electron chi connectivity index (χ3n) is 4.47. The van der Waals surface area contributed by atoms with Crippen LogP contribution >= 0.6 is 0 Å². The summed E-state index contributed by atoms with van der Waals surface area (Å²) in [5.41, 5.74) is 2.17. The molecule has 0 radical (unpaired) electrons. The second-order valence-electron chi connectivity index (χ2n) is 6.09. The van der Waals surface area contributed by atoms with Crippen molar-refractivity contribution in [1.29, 1.82) is 0 Å². The van der Waals surface area contributed by atoms with E-state index in [1.807, 2.05) is 37.3 Å². The highest BCUT2D eigenvalue weighted by Crippen LogP contribution is 2.25. The number of carbonyl (C=O) groups excluding carboxylic acids is 1. The van der Waals surface area contributed by atoms with Crippen LogP contribution in [0.2, 0.25) is 0 Å². The summed E-state index contributed by atoms with van der Waals surface area (Å²) in [6.07, 6.45) is 1.54. The maximum absolute atomic E-state index is 12.4. The topological polar surface area (TPSA) is 60.1 Å². The van der Waals surface area contributed by atoms with Gasteiger partial charge in [-0.25, -0.2) is 4.98 Å². The Balaban J connectivity index is 1.46. The van der Waals surface area contributed by atoms with Crippen LogP contribution in [0.5, 0.6) is 0 Å². The molecule has 23 heavy (non-hydrogen) atoms. The molecule has 2 aromatic heterocycles. The summed E-state index contributed by atoms with van der Waals surface area (Å²) in [5, 5.41) is 2.98. The number of nitrogens with zero attached hydrogens (tertiary/aromatic N) is 2. The number of imidazole rings is 1. The summed E-state index contributed by atoms with van der Waals surface area (Å²) in [5.74, 6) is 2.72. The molecule has 5 heteroatoms. The average Bonchev–Trinajstić information content (AvgIpc) is 3.15. The quantitative estimate of drug-likeness (QED) is 0.809. The van der Waals surface area contributed by atoms with Crippen LogP contribution in [0, 0.1) is 12.8 Å². The number of carbonyl (C=O) groups is 1. The first-order chi connectivity index (χ1) is 11.2. The van der Waals surface area contributed by atoms with Gasteiger partial charge < -0.3 is 14.3 Å². The Morgan fingerprint density at radius 1 is 1.35 bits per heavy atom. The van der Waals surface area contributed by atoms with Crippen molar-refractivity contribution in [3.63, 3.8) is 0 Å². The zero-order chi connectivity index (χ0) is 15.8. The van der Waals surface area contributed by atoms with Gasteiger partial charge >= 0.3 is 0 Å². The lowest BCUT2D eigenvalue weighted by molar-refractivity contribution is -0.125. The number of rotatable bonds is 3. The van der Waals surface area contributed by atoms with Gasteiger partial charge in [-0.15, -0.1) is 0 Å². The van der Waals surface area contributed by atoms with Crippen LogP contribution in [0.4, 0.5) is 0 Å². The zero-order valence-electron chi connectivity index (χ0n) is 13.1. The van der Waals surface area contributed by atoms with E-state index in [0.717, 1.165) is 41.3 Å². The Labute approximate surface area is 134 Å². The summed E-state index contributed by atoms with van der Waals surface area (Å²) in [6.45, 7) is 3.18. The number of furan rings is 1. The number of nitrogens with one attached hydrogen (secondary N) is 1. The van der Waals surface area contributed by atoms with Crippen molar-refractivity contribution in [3.8, 4) is 0 Å². The van der Waals surface area contributed by atoms with Gasteiger partial charge in [-0.3, -0.25) is 4.79 Å². The molecule has 0 spiro atoms. The fourth-order valence-corrected chi connectivity index (χ4v) is 3.26. The molecular formula is C18H19N3O2. The number of para-hydroxylation sites is 2. The van der Waals surface area contributed by atoms with Crippen LogP contribution in [0.15, 0.2) is 40.8 Å². The Morgan fingerprint density at radius 3 is 3.04 bits per heavy atom. The number of fused-ring (bicyclic) bond motifs is 3. The normalized spacial score (nSPS) is 17.2. The van der Waals surface area contributed by atoms with Gasteiger partial charge in [-0.1, -0.05) is 12.1 Å². The molecular weight excluding hydrogens is 290 g/mol. The SMILES string of the molecule is Cc1ccc(CNC(=O)C2CCn3c(nc4ccccc43)C2)o1. The largest absolute Gasteiger partial charge is 0.465 e. The van der Waals surface area contributed by atoms with E-state index in [4.69, 9.17) is 4.42 Å². The van der Waals surface area contributed by atoms with Crippen molar-refractivity contribution in [2.75, 3.05) is 0 Å². The van der Waals surface area contributed by atoms with Gasteiger partial charge in [0.25, 0.3) is 0 Å². The molecule has 1 aliphatic heterocycles. The summed E-state index contributed by atoms with van der Waals surface area (Å²) in [4.78, 5) is 17.1. The molecule has 3 heterocycles. The molecule has 1 unspecified atom stereocenters. The molecule has 4 rings (SSSR count). The minimum atomic E-state index is -0.0182. The average molecular weight is 309 g/mol. The third kappa shape index (κ3) is 2.63. The third-order valence-corrected chi connectivity index (χ3v) is 4.47. The van der Waals surface area contributed by atoms with Gasteiger partial charge in [0, 0.05) is 18.9 Å². The predicted octanol–water partition coefficient (Wildman–Crippen LogP) is 2.82. The van der Waals surface area contributed by atoms with Crippen LogP contribution in [-0.4, -0.2) is 15.5 Å². The first-order valence-electron chi connectivity index (χ1n) is 7.98. The van der Waals surface area contributed by atoms with Crippen molar-refractivity contribution in [2.45, 2.75) is 32.9 Å². The van der Waals surface area contributed by atoms with Gasteiger partial charge in [0.2, 0.25) is 5.91 Å². The fourth-order valence-electron chi connectivity index (χ4n) is 3.26. The highest BCUT2D eigenvalue weighted by Gasteiger charge is 2.27. The van der Waals surface area contributed by atoms with E-state index < -0.39 is 0 Å². The van der Waals surface area contributed by atoms with Crippen LogP contribution < -0.4 is 5.32 Å². The van der Waals surface area contributed by atoms with E-state index in [2.05, 4.69) is 20.9 Å². The van der Waals surface area contributed by atoms with E-state index in [-0.39, 0.29) is 11.8 Å². The number of aryl methyl sites for hydroxylation is 2. The molecule has 5 nitrogen and oxygen atoms in total. The lowest BCUT2D eigenvalue weighted by Crippen LogP contribution is -2.35. The Bertz CT molecular complexity index is 862.